The average molecular weight is 507 g/mol. The van der Waals surface area contributed by atoms with Gasteiger partial charge in [0.25, 0.3) is 0 Å². The Bertz CT molecular complexity index is 1640. The van der Waals surface area contributed by atoms with Crippen LogP contribution in [0.5, 0.6) is 5.75 Å². The number of methoxy groups -OCH3 is 1. The molecule has 0 radical (unpaired) electrons. The molecule has 38 heavy (non-hydrogen) atoms. The number of fused-ring (bicyclic) bond motifs is 5. The van der Waals surface area contributed by atoms with Gasteiger partial charge in [-0.3, -0.25) is 19.7 Å². The maximum atomic E-state index is 14.2. The molecule has 8 heteroatoms. The first-order valence-corrected chi connectivity index (χ1v) is 12.7. The van der Waals surface area contributed by atoms with Crippen molar-refractivity contribution < 1.29 is 19.1 Å². The SMILES string of the molecule is COc1ccc(N2C(=O)[C@@H]3[C@H](Cc4c[nH]c5ccccc45)N[C@@]4(C(=O)Nc5ccc(C)cc54)[C@@H]3C2=O)cc1. The van der Waals surface area contributed by atoms with E-state index in [2.05, 4.69) is 15.6 Å². The second-order valence-electron chi connectivity index (χ2n) is 10.3. The molecule has 3 aromatic carbocycles. The number of imide groups is 1. The number of nitrogens with zero attached hydrogens (tertiary/aromatic N) is 1. The summed E-state index contributed by atoms with van der Waals surface area (Å²) < 4.78 is 5.26. The van der Waals surface area contributed by atoms with Crippen molar-refractivity contribution in [2.24, 2.45) is 11.8 Å². The standard InChI is InChI=1S/C30H26N4O4/c1-16-7-12-23-21(13-16)30(29(37)32-23)26-25(24(33-30)14-17-15-31-22-6-4-3-5-20(17)22)27(35)34(28(26)36)18-8-10-19(38-2)11-9-18/h3-13,15,24-26,31,33H,14H2,1-2H3,(H,32,37)/t24-,25+,26-,30+/m0/s1. The number of nitrogens with one attached hydrogen (secondary N) is 3. The van der Waals surface area contributed by atoms with Crippen LogP contribution < -0.4 is 20.3 Å². The Kier molecular flexibility index (Phi) is 4.81. The minimum Gasteiger partial charge on any atom is -0.497 e. The number of aryl methyl sites for hydroxylation is 1. The lowest BCUT2D eigenvalue weighted by atomic mass is 9.76. The maximum absolute atomic E-state index is 14.2. The summed E-state index contributed by atoms with van der Waals surface area (Å²) in [5, 5.41) is 7.58. The molecule has 1 aromatic heterocycles. The number of para-hydroxylation sites is 1. The monoisotopic (exact) mass is 506 g/mol. The van der Waals surface area contributed by atoms with Gasteiger partial charge in [-0.25, -0.2) is 4.90 Å². The summed E-state index contributed by atoms with van der Waals surface area (Å²) in [6.45, 7) is 1.96. The smallest absolute Gasteiger partial charge is 0.250 e. The Morgan fingerprint density at radius 3 is 2.55 bits per heavy atom. The van der Waals surface area contributed by atoms with Crippen molar-refractivity contribution in [3.8, 4) is 5.75 Å². The molecule has 0 saturated carbocycles. The van der Waals surface area contributed by atoms with Crippen molar-refractivity contribution in [1.29, 1.82) is 0 Å². The van der Waals surface area contributed by atoms with Crippen LogP contribution in [0.15, 0.2) is 72.9 Å². The predicted octanol–water partition coefficient (Wildman–Crippen LogP) is 3.65. The Morgan fingerprint density at radius 1 is 0.974 bits per heavy atom. The fourth-order valence-corrected chi connectivity index (χ4v) is 6.61. The second kappa shape index (κ2) is 8.03. The summed E-state index contributed by atoms with van der Waals surface area (Å²) in [4.78, 5) is 46.6. The topological polar surface area (TPSA) is 104 Å². The number of amides is 3. The van der Waals surface area contributed by atoms with Gasteiger partial charge in [-0.15, -0.1) is 0 Å². The molecule has 4 atom stereocenters. The number of carbonyl (C=O) groups is 3. The molecule has 3 aliphatic heterocycles. The van der Waals surface area contributed by atoms with Crippen LogP contribution in [0.3, 0.4) is 0 Å². The van der Waals surface area contributed by atoms with Gasteiger partial charge in [0, 0.05) is 34.4 Å². The summed E-state index contributed by atoms with van der Waals surface area (Å²) in [5.74, 6) is -1.93. The van der Waals surface area contributed by atoms with Crippen molar-refractivity contribution in [2.45, 2.75) is 24.9 Å². The molecule has 3 aliphatic rings. The Balaban J connectivity index is 1.37. The van der Waals surface area contributed by atoms with Crippen molar-refractivity contribution in [3.63, 3.8) is 0 Å². The van der Waals surface area contributed by atoms with E-state index >= 15 is 0 Å². The molecule has 3 N–H and O–H groups in total. The molecular weight excluding hydrogens is 480 g/mol. The van der Waals surface area contributed by atoms with Gasteiger partial charge in [0.15, 0.2) is 0 Å². The van der Waals surface area contributed by atoms with E-state index in [0.29, 0.717) is 23.5 Å². The summed E-state index contributed by atoms with van der Waals surface area (Å²) in [7, 11) is 1.56. The highest BCUT2D eigenvalue weighted by atomic mass is 16.5. The third kappa shape index (κ3) is 2.98. The van der Waals surface area contributed by atoms with Crippen LogP contribution in [0, 0.1) is 18.8 Å². The molecule has 0 bridgehead atoms. The summed E-state index contributed by atoms with van der Waals surface area (Å²) in [5.41, 5.74) is 3.52. The molecule has 0 unspecified atom stereocenters. The first-order valence-electron chi connectivity index (χ1n) is 12.7. The number of benzene rings is 3. The fourth-order valence-electron chi connectivity index (χ4n) is 6.61. The zero-order chi connectivity index (χ0) is 26.2. The lowest BCUT2D eigenvalue weighted by Gasteiger charge is -2.29. The van der Waals surface area contributed by atoms with Crippen LogP contribution in [-0.4, -0.2) is 35.9 Å². The summed E-state index contributed by atoms with van der Waals surface area (Å²) >= 11 is 0. The predicted molar refractivity (Wildman–Crippen MR) is 143 cm³/mol. The molecular formula is C30H26N4O4. The number of ether oxygens (including phenoxy) is 1. The van der Waals surface area contributed by atoms with E-state index in [1.807, 2.05) is 55.6 Å². The minimum absolute atomic E-state index is 0.298. The van der Waals surface area contributed by atoms with Gasteiger partial charge in [-0.2, -0.15) is 0 Å². The number of hydrogen-bond acceptors (Lipinski definition) is 5. The molecule has 2 fully saturated rings. The number of hydrogen-bond donors (Lipinski definition) is 3. The van der Waals surface area contributed by atoms with E-state index in [-0.39, 0.29) is 17.7 Å². The molecule has 4 heterocycles. The zero-order valence-electron chi connectivity index (χ0n) is 20.9. The number of aromatic amines is 1. The first-order chi connectivity index (χ1) is 18.4. The third-order valence-corrected chi connectivity index (χ3v) is 8.32. The van der Waals surface area contributed by atoms with Crippen molar-refractivity contribution >= 4 is 40.0 Å². The summed E-state index contributed by atoms with van der Waals surface area (Å²) in [6.07, 6.45) is 2.43. The van der Waals surface area contributed by atoms with E-state index in [9.17, 15) is 14.4 Å². The molecule has 8 nitrogen and oxygen atoms in total. The Morgan fingerprint density at radius 2 is 1.76 bits per heavy atom. The Labute approximate surface area is 219 Å². The van der Waals surface area contributed by atoms with Crippen LogP contribution in [-0.2, 0) is 26.3 Å². The molecule has 4 aromatic rings. The number of rotatable bonds is 4. The summed E-state index contributed by atoms with van der Waals surface area (Å²) in [6, 6.07) is 20.2. The Hall–Kier alpha value is -4.43. The number of carbonyl (C=O) groups excluding carboxylic acids is 3. The number of anilines is 2. The van der Waals surface area contributed by atoms with Crippen molar-refractivity contribution in [3.05, 3.63) is 89.6 Å². The van der Waals surface area contributed by atoms with Crippen molar-refractivity contribution in [1.82, 2.24) is 10.3 Å². The highest BCUT2D eigenvalue weighted by Gasteiger charge is 2.70. The van der Waals surface area contributed by atoms with Gasteiger partial charge in [0.05, 0.1) is 24.6 Å². The normalized spacial score (nSPS) is 25.8. The van der Waals surface area contributed by atoms with E-state index in [1.165, 1.54) is 4.90 Å². The van der Waals surface area contributed by atoms with Gasteiger partial charge in [-0.1, -0.05) is 35.9 Å². The van der Waals surface area contributed by atoms with Crippen LogP contribution in [0.1, 0.15) is 16.7 Å². The lowest BCUT2D eigenvalue weighted by Crippen LogP contribution is -2.53. The maximum Gasteiger partial charge on any atom is 0.250 e. The van der Waals surface area contributed by atoms with Crippen molar-refractivity contribution in [2.75, 3.05) is 17.3 Å². The fraction of sp³-hybridized carbons (Fsp3) is 0.233. The number of aromatic nitrogens is 1. The largest absolute Gasteiger partial charge is 0.497 e. The average Bonchev–Trinajstić information content (AvgIpc) is 3.63. The highest BCUT2D eigenvalue weighted by molar-refractivity contribution is 6.25. The highest BCUT2D eigenvalue weighted by Crippen LogP contribution is 2.54. The van der Waals surface area contributed by atoms with E-state index in [1.54, 1.807) is 31.4 Å². The van der Waals surface area contributed by atoms with E-state index in [0.717, 1.165) is 27.6 Å². The molecule has 0 aliphatic carbocycles. The first kappa shape index (κ1) is 22.7. The minimum atomic E-state index is -1.34. The van der Waals surface area contributed by atoms with Gasteiger partial charge < -0.3 is 15.0 Å². The van der Waals surface area contributed by atoms with Crippen LogP contribution in [0.25, 0.3) is 10.9 Å². The zero-order valence-corrected chi connectivity index (χ0v) is 20.9. The molecule has 2 saturated heterocycles. The molecule has 3 amide bonds. The quantitative estimate of drug-likeness (QED) is 0.367. The van der Waals surface area contributed by atoms with Crippen LogP contribution in [0.4, 0.5) is 11.4 Å². The van der Waals surface area contributed by atoms with Gasteiger partial charge in [-0.05, 0) is 55.3 Å². The van der Waals surface area contributed by atoms with Crippen LogP contribution in [0.2, 0.25) is 0 Å². The van der Waals surface area contributed by atoms with Crippen LogP contribution >= 0.6 is 0 Å². The molecule has 1 spiro atoms. The van der Waals surface area contributed by atoms with Gasteiger partial charge in [0.1, 0.15) is 11.3 Å². The number of H-pyrrole nitrogens is 1. The van der Waals surface area contributed by atoms with E-state index < -0.39 is 23.4 Å². The molecule has 190 valence electrons. The van der Waals surface area contributed by atoms with Gasteiger partial charge >= 0.3 is 0 Å². The van der Waals surface area contributed by atoms with E-state index in [4.69, 9.17) is 4.74 Å². The van der Waals surface area contributed by atoms with Gasteiger partial charge in [0.2, 0.25) is 17.7 Å². The second-order valence-corrected chi connectivity index (χ2v) is 10.3. The molecule has 7 rings (SSSR count). The lowest BCUT2D eigenvalue weighted by molar-refractivity contribution is -0.130. The third-order valence-electron chi connectivity index (χ3n) is 8.32.